The topological polar surface area (TPSA) is 151 Å². The molecule has 0 aliphatic heterocycles. The van der Waals surface area contributed by atoms with Crippen LogP contribution in [0.15, 0.2) is 5.18 Å². The molecule has 0 saturated heterocycles. The third-order valence-corrected chi connectivity index (χ3v) is 5.17. The standard InChI is InChI=1S/C24H42N4O6/c1-15(2)11-18(9-10-25-21(30)7-8-22(31)28-34)23(32)27-20(13-17(5)6)24(33)26-19(14-29)12-16(3)4/h14-20H,7-13H2,1-6H3,(H,25,30)(H,26,33)(H,27,32)/t18-,19?,20-/m0/s1. The van der Waals surface area contributed by atoms with Crippen molar-refractivity contribution < 1.29 is 24.0 Å². The minimum absolute atomic E-state index is 0.141. The van der Waals surface area contributed by atoms with Gasteiger partial charge in [0.05, 0.1) is 6.04 Å². The molecule has 0 fully saturated rings. The van der Waals surface area contributed by atoms with Gasteiger partial charge in [0, 0.05) is 30.5 Å². The number of hydrogen-bond donors (Lipinski definition) is 3. The van der Waals surface area contributed by atoms with Crippen LogP contribution < -0.4 is 16.0 Å². The maximum absolute atomic E-state index is 13.1. The molecule has 1 unspecified atom stereocenters. The van der Waals surface area contributed by atoms with Crippen molar-refractivity contribution in [2.45, 2.75) is 92.2 Å². The van der Waals surface area contributed by atoms with Crippen LogP contribution in [0.25, 0.3) is 0 Å². The first-order valence-corrected chi connectivity index (χ1v) is 12.1. The van der Waals surface area contributed by atoms with Crippen molar-refractivity contribution in [2.24, 2.45) is 28.8 Å². The van der Waals surface area contributed by atoms with E-state index in [2.05, 4.69) is 21.1 Å². The molecule has 0 aromatic heterocycles. The number of amides is 4. The number of rotatable bonds is 17. The van der Waals surface area contributed by atoms with Gasteiger partial charge in [-0.2, -0.15) is 0 Å². The Morgan fingerprint density at radius 3 is 1.88 bits per heavy atom. The van der Waals surface area contributed by atoms with Crippen LogP contribution in [0.5, 0.6) is 0 Å². The quantitative estimate of drug-likeness (QED) is 0.214. The van der Waals surface area contributed by atoms with Crippen LogP contribution in [0.1, 0.15) is 80.1 Å². The van der Waals surface area contributed by atoms with Crippen molar-refractivity contribution in [1.29, 1.82) is 0 Å². The first-order valence-electron chi connectivity index (χ1n) is 12.1. The number of nitrogens with zero attached hydrogens (tertiary/aromatic N) is 1. The number of aldehydes is 1. The second kappa shape index (κ2) is 16.9. The molecular weight excluding hydrogens is 440 g/mol. The van der Waals surface area contributed by atoms with E-state index in [1.54, 1.807) is 0 Å². The lowest BCUT2D eigenvalue weighted by atomic mass is 9.92. The lowest BCUT2D eigenvalue weighted by Gasteiger charge is -2.26. The Morgan fingerprint density at radius 1 is 0.794 bits per heavy atom. The van der Waals surface area contributed by atoms with Gasteiger partial charge < -0.3 is 20.7 Å². The van der Waals surface area contributed by atoms with Crippen molar-refractivity contribution in [3.05, 3.63) is 4.91 Å². The summed E-state index contributed by atoms with van der Waals surface area (Å²) in [6.45, 7) is 12.0. The van der Waals surface area contributed by atoms with Crippen LogP contribution in [-0.4, -0.2) is 48.5 Å². The molecule has 0 radical (unpaired) electrons. The fraction of sp³-hybridized carbons (Fsp3) is 0.792. The molecule has 3 atom stereocenters. The minimum atomic E-state index is -0.883. The summed E-state index contributed by atoms with van der Waals surface area (Å²) in [6.07, 6.45) is 2.18. The van der Waals surface area contributed by atoms with Gasteiger partial charge in [-0.15, -0.1) is 4.91 Å². The summed E-state index contributed by atoms with van der Waals surface area (Å²) in [7, 11) is 0. The number of nitroso groups, excluding NO2 is 1. The second-order valence-corrected chi connectivity index (χ2v) is 10.0. The second-order valence-electron chi connectivity index (χ2n) is 10.0. The average molecular weight is 483 g/mol. The zero-order valence-electron chi connectivity index (χ0n) is 21.4. The molecule has 0 saturated carbocycles. The van der Waals surface area contributed by atoms with Gasteiger partial charge in [-0.3, -0.25) is 19.2 Å². The lowest BCUT2D eigenvalue weighted by molar-refractivity contribution is -0.132. The van der Waals surface area contributed by atoms with Crippen LogP contribution in [0.2, 0.25) is 0 Å². The van der Waals surface area contributed by atoms with E-state index in [9.17, 15) is 28.9 Å². The lowest BCUT2D eigenvalue weighted by Crippen LogP contribution is -2.52. The highest BCUT2D eigenvalue weighted by Gasteiger charge is 2.28. The molecule has 0 aromatic rings. The zero-order valence-corrected chi connectivity index (χ0v) is 21.4. The molecule has 4 amide bonds. The normalized spacial score (nSPS) is 13.8. The molecule has 34 heavy (non-hydrogen) atoms. The Labute approximate surface area is 202 Å². The molecule has 194 valence electrons. The van der Waals surface area contributed by atoms with E-state index < -0.39 is 29.8 Å². The summed E-state index contributed by atoms with van der Waals surface area (Å²) in [6, 6.07) is -1.38. The predicted octanol–water partition coefficient (Wildman–Crippen LogP) is 2.49. The molecule has 0 aromatic carbocycles. The van der Waals surface area contributed by atoms with Crippen LogP contribution in [0.3, 0.4) is 0 Å². The van der Waals surface area contributed by atoms with Gasteiger partial charge in [0.1, 0.15) is 12.3 Å². The monoisotopic (exact) mass is 482 g/mol. The Bertz CT molecular complexity index is 693. The Kier molecular flexibility index (Phi) is 15.6. The van der Waals surface area contributed by atoms with Gasteiger partial charge in [0.15, 0.2) is 0 Å². The molecule has 0 bridgehead atoms. The average Bonchev–Trinajstić information content (AvgIpc) is 2.74. The van der Waals surface area contributed by atoms with Crippen molar-refractivity contribution in [1.82, 2.24) is 16.0 Å². The first-order chi connectivity index (χ1) is 15.9. The van der Waals surface area contributed by atoms with E-state index in [-0.39, 0.29) is 49.0 Å². The Morgan fingerprint density at radius 2 is 1.38 bits per heavy atom. The summed E-state index contributed by atoms with van der Waals surface area (Å²) >= 11 is 0. The van der Waals surface area contributed by atoms with Crippen molar-refractivity contribution in [3.8, 4) is 0 Å². The molecule has 0 rings (SSSR count). The van der Waals surface area contributed by atoms with E-state index in [0.29, 0.717) is 25.7 Å². The van der Waals surface area contributed by atoms with E-state index in [0.717, 1.165) is 6.29 Å². The summed E-state index contributed by atoms with van der Waals surface area (Å²) in [4.78, 5) is 70.2. The van der Waals surface area contributed by atoms with Crippen LogP contribution >= 0.6 is 0 Å². The number of hydrogen-bond acceptors (Lipinski definition) is 6. The van der Waals surface area contributed by atoms with Gasteiger partial charge >= 0.3 is 0 Å². The highest BCUT2D eigenvalue weighted by atomic mass is 16.3. The van der Waals surface area contributed by atoms with E-state index in [1.807, 2.05) is 41.5 Å². The van der Waals surface area contributed by atoms with Crippen LogP contribution in [0, 0.1) is 28.6 Å². The van der Waals surface area contributed by atoms with E-state index >= 15 is 0 Å². The maximum Gasteiger partial charge on any atom is 0.286 e. The van der Waals surface area contributed by atoms with Crippen molar-refractivity contribution >= 4 is 29.9 Å². The van der Waals surface area contributed by atoms with E-state index in [1.165, 1.54) is 0 Å². The molecule has 3 N–H and O–H groups in total. The zero-order chi connectivity index (χ0) is 26.3. The van der Waals surface area contributed by atoms with Crippen molar-refractivity contribution in [2.75, 3.05) is 6.54 Å². The molecule has 0 aliphatic rings. The third-order valence-electron chi connectivity index (χ3n) is 5.17. The SMILES string of the molecule is CC(C)CC(C=O)NC(=O)[C@H](CC(C)C)NC(=O)[C@@H](CCNC(=O)CCC(=O)N=O)CC(C)C. The summed E-state index contributed by atoms with van der Waals surface area (Å²) in [5, 5.41) is 10.5. The first kappa shape index (κ1) is 31.4. The Balaban J connectivity index is 5.12. The molecule has 0 spiro atoms. The van der Waals surface area contributed by atoms with Gasteiger partial charge in [0.2, 0.25) is 17.7 Å². The molecule has 0 aliphatic carbocycles. The fourth-order valence-electron chi connectivity index (χ4n) is 3.60. The van der Waals surface area contributed by atoms with Gasteiger partial charge in [-0.1, -0.05) is 41.5 Å². The molecule has 10 heteroatoms. The number of carbonyl (C=O) groups is 5. The largest absolute Gasteiger partial charge is 0.356 e. The predicted molar refractivity (Wildman–Crippen MR) is 129 cm³/mol. The maximum atomic E-state index is 13.1. The van der Waals surface area contributed by atoms with Crippen LogP contribution in [-0.2, 0) is 24.0 Å². The van der Waals surface area contributed by atoms with Gasteiger partial charge in [-0.05, 0) is 43.4 Å². The van der Waals surface area contributed by atoms with Gasteiger partial charge in [-0.25, -0.2) is 0 Å². The summed E-state index contributed by atoms with van der Waals surface area (Å²) in [5.41, 5.74) is 0. The highest BCUT2D eigenvalue weighted by Crippen LogP contribution is 2.17. The van der Waals surface area contributed by atoms with E-state index in [4.69, 9.17) is 0 Å². The van der Waals surface area contributed by atoms with Gasteiger partial charge in [0.25, 0.3) is 5.91 Å². The third kappa shape index (κ3) is 14.5. The summed E-state index contributed by atoms with van der Waals surface area (Å²) in [5.74, 6) is -1.80. The molecular formula is C24H42N4O6. The Hall–Kier alpha value is -2.65. The minimum Gasteiger partial charge on any atom is -0.356 e. The van der Waals surface area contributed by atoms with Crippen LogP contribution in [0.4, 0.5) is 0 Å². The number of carbonyl (C=O) groups excluding carboxylic acids is 5. The number of nitrogens with one attached hydrogen (secondary N) is 3. The smallest absolute Gasteiger partial charge is 0.286 e. The highest BCUT2D eigenvalue weighted by molar-refractivity contribution is 5.90. The fourth-order valence-corrected chi connectivity index (χ4v) is 3.60. The summed E-state index contributed by atoms with van der Waals surface area (Å²) < 4.78 is 0. The molecule has 0 heterocycles. The van der Waals surface area contributed by atoms with Crippen molar-refractivity contribution in [3.63, 3.8) is 0 Å². The molecule has 10 nitrogen and oxygen atoms in total.